The molecule has 22 heavy (non-hydrogen) atoms. The number of hydrogen-bond donors (Lipinski definition) is 0. The van der Waals surface area contributed by atoms with Gasteiger partial charge in [0.1, 0.15) is 0 Å². The van der Waals surface area contributed by atoms with Crippen molar-refractivity contribution < 1.29 is 39.9 Å². The minimum absolute atomic E-state index is 0. The summed E-state index contributed by atoms with van der Waals surface area (Å²) in [5, 5.41) is 0. The van der Waals surface area contributed by atoms with Crippen molar-refractivity contribution in [1.29, 1.82) is 0 Å². The van der Waals surface area contributed by atoms with Crippen LogP contribution in [0.25, 0.3) is 0 Å². The van der Waals surface area contributed by atoms with E-state index in [9.17, 15) is 0 Å². The fraction of sp³-hybridized carbons (Fsp3) is 0. The molecule has 0 atom stereocenters. The number of rotatable bonds is 0. The first-order chi connectivity index (χ1) is 10.2. The predicted octanol–water partition coefficient (Wildman–Crippen LogP) is 5.61. The Kier molecular flexibility index (Phi) is 12.4. The average Bonchev–Trinajstić information content (AvgIpc) is 2.51. The van der Waals surface area contributed by atoms with Gasteiger partial charge in [-0.2, -0.15) is 73.9 Å². The van der Waals surface area contributed by atoms with Crippen LogP contribution in [0.3, 0.4) is 0 Å². The summed E-state index contributed by atoms with van der Waals surface area (Å²) in [5.41, 5.74) is 3.22. The normalized spacial score (nSPS) is 8.18. The molecular formula is C21H21Gd. The second-order valence-electron chi connectivity index (χ2n) is 4.46. The van der Waals surface area contributed by atoms with E-state index in [4.69, 9.17) is 0 Å². The summed E-state index contributed by atoms with van der Waals surface area (Å²) in [6, 6.07) is 29.6. The van der Waals surface area contributed by atoms with Crippen molar-refractivity contribution in [3.8, 4) is 0 Å². The standard InChI is InChI=1S/3C7H7.Gd/c3*1-7-5-3-2-4-6-7;/h3*2-6H,1H2;/q3*-1;+3. The third-order valence-corrected chi connectivity index (χ3v) is 2.53. The van der Waals surface area contributed by atoms with E-state index in [0.717, 1.165) is 16.7 Å². The van der Waals surface area contributed by atoms with Crippen molar-refractivity contribution in [1.82, 2.24) is 0 Å². The van der Waals surface area contributed by atoms with Crippen molar-refractivity contribution in [2.45, 2.75) is 0 Å². The van der Waals surface area contributed by atoms with Gasteiger partial charge >= 0.3 is 39.9 Å². The van der Waals surface area contributed by atoms with Gasteiger partial charge in [-0.1, -0.05) is 18.2 Å². The second kappa shape index (κ2) is 13.3. The van der Waals surface area contributed by atoms with Gasteiger partial charge in [-0.25, -0.2) is 0 Å². The molecule has 0 amide bonds. The molecule has 0 saturated carbocycles. The molecule has 1 heteroatoms. The quantitative estimate of drug-likeness (QED) is 0.407. The average molecular weight is 431 g/mol. The molecule has 1 radical (unpaired) electrons. The van der Waals surface area contributed by atoms with Crippen LogP contribution in [0.1, 0.15) is 16.7 Å². The molecule has 0 aliphatic heterocycles. The minimum atomic E-state index is 0. The Hall–Kier alpha value is -1.41. The minimum Gasteiger partial charge on any atom is -0.199 e. The monoisotopic (exact) mass is 431 g/mol. The molecule has 0 aromatic heterocycles. The second-order valence-corrected chi connectivity index (χ2v) is 4.46. The SMILES string of the molecule is [CH2-]c1ccccc1.[CH2-]c1ccccc1.[CH2-]c1ccccc1.[Gd+3]. The van der Waals surface area contributed by atoms with Crippen LogP contribution in [0, 0.1) is 60.7 Å². The van der Waals surface area contributed by atoms with Crippen LogP contribution in [-0.2, 0) is 0 Å². The Morgan fingerprint density at radius 3 is 0.636 bits per heavy atom. The molecular weight excluding hydrogens is 409 g/mol. The van der Waals surface area contributed by atoms with Crippen LogP contribution in [0.2, 0.25) is 0 Å². The molecule has 3 aromatic rings. The fourth-order valence-electron chi connectivity index (χ4n) is 1.43. The van der Waals surface area contributed by atoms with E-state index in [-0.39, 0.29) is 39.9 Å². The Bertz CT molecular complexity index is 485. The summed E-state index contributed by atoms with van der Waals surface area (Å²) in [6.07, 6.45) is 0. The van der Waals surface area contributed by atoms with E-state index in [2.05, 4.69) is 20.8 Å². The van der Waals surface area contributed by atoms with E-state index in [1.165, 1.54) is 0 Å². The molecule has 0 N–H and O–H groups in total. The van der Waals surface area contributed by atoms with Crippen molar-refractivity contribution in [2.75, 3.05) is 0 Å². The van der Waals surface area contributed by atoms with Crippen LogP contribution >= 0.6 is 0 Å². The van der Waals surface area contributed by atoms with Gasteiger partial charge in [0.25, 0.3) is 0 Å². The molecule has 3 aromatic carbocycles. The summed E-state index contributed by atoms with van der Waals surface area (Å²) in [6.45, 7) is 11.2. The third kappa shape index (κ3) is 11.3. The maximum absolute atomic E-state index is 3.72. The molecule has 113 valence electrons. The molecule has 0 fully saturated rings. The molecule has 3 rings (SSSR count). The van der Waals surface area contributed by atoms with Gasteiger partial charge in [0.2, 0.25) is 0 Å². The van der Waals surface area contributed by atoms with Crippen molar-refractivity contribution in [3.63, 3.8) is 0 Å². The molecule has 0 aliphatic carbocycles. The van der Waals surface area contributed by atoms with Crippen LogP contribution in [0.15, 0.2) is 91.0 Å². The Balaban J connectivity index is 0.000000294. The maximum Gasteiger partial charge on any atom is 3.00 e. The summed E-state index contributed by atoms with van der Waals surface area (Å²) in [5.74, 6) is 0. The van der Waals surface area contributed by atoms with Gasteiger partial charge in [0, 0.05) is 0 Å². The third-order valence-electron chi connectivity index (χ3n) is 2.53. The molecule has 0 heterocycles. The summed E-state index contributed by atoms with van der Waals surface area (Å²) in [4.78, 5) is 0. The van der Waals surface area contributed by atoms with Crippen LogP contribution in [-0.4, -0.2) is 0 Å². The van der Waals surface area contributed by atoms with E-state index < -0.39 is 0 Å². The van der Waals surface area contributed by atoms with Crippen molar-refractivity contribution >= 4 is 0 Å². The summed E-state index contributed by atoms with van der Waals surface area (Å²) >= 11 is 0. The van der Waals surface area contributed by atoms with Gasteiger partial charge in [-0.3, -0.25) is 0 Å². The first-order valence-corrected chi connectivity index (χ1v) is 6.79. The largest absolute Gasteiger partial charge is 3.00 e. The van der Waals surface area contributed by atoms with Gasteiger partial charge in [0.05, 0.1) is 0 Å². The van der Waals surface area contributed by atoms with Crippen molar-refractivity contribution in [3.05, 3.63) is 128 Å². The van der Waals surface area contributed by atoms with Crippen molar-refractivity contribution in [2.24, 2.45) is 0 Å². The maximum atomic E-state index is 3.72. The summed E-state index contributed by atoms with van der Waals surface area (Å²) in [7, 11) is 0. The van der Waals surface area contributed by atoms with E-state index >= 15 is 0 Å². The Morgan fingerprint density at radius 1 is 0.364 bits per heavy atom. The Labute approximate surface area is 167 Å². The number of benzene rings is 3. The Morgan fingerprint density at radius 2 is 0.545 bits per heavy atom. The van der Waals surface area contributed by atoms with E-state index in [0.29, 0.717) is 0 Å². The first kappa shape index (κ1) is 20.6. The molecule has 0 bridgehead atoms. The number of hydrogen-bond acceptors (Lipinski definition) is 0. The smallest absolute Gasteiger partial charge is 0.199 e. The van der Waals surface area contributed by atoms with Gasteiger partial charge in [-0.15, -0.1) is 36.4 Å². The topological polar surface area (TPSA) is 0 Å². The molecule has 0 spiro atoms. The fourth-order valence-corrected chi connectivity index (χ4v) is 1.43. The molecule has 0 aliphatic rings. The van der Waals surface area contributed by atoms with E-state index in [1.54, 1.807) is 0 Å². The zero-order chi connectivity index (χ0) is 15.3. The molecule has 0 nitrogen and oxygen atoms in total. The first-order valence-electron chi connectivity index (χ1n) is 6.79. The van der Waals surface area contributed by atoms with Crippen LogP contribution in [0.4, 0.5) is 0 Å². The van der Waals surface area contributed by atoms with Crippen LogP contribution < -0.4 is 0 Å². The zero-order valence-corrected chi connectivity index (χ0v) is 14.9. The molecule has 0 saturated heterocycles. The zero-order valence-electron chi connectivity index (χ0n) is 12.6. The van der Waals surface area contributed by atoms with E-state index in [1.807, 2.05) is 91.0 Å². The van der Waals surface area contributed by atoms with Gasteiger partial charge in [0.15, 0.2) is 0 Å². The van der Waals surface area contributed by atoms with Gasteiger partial charge < -0.3 is 0 Å². The molecule has 0 unspecified atom stereocenters. The van der Waals surface area contributed by atoms with Crippen LogP contribution in [0.5, 0.6) is 0 Å². The predicted molar refractivity (Wildman–Crippen MR) is 92.7 cm³/mol. The van der Waals surface area contributed by atoms with Gasteiger partial charge in [-0.05, 0) is 0 Å². The summed E-state index contributed by atoms with van der Waals surface area (Å²) < 4.78 is 0.